The first-order chi connectivity index (χ1) is 8.41. The van der Waals surface area contributed by atoms with E-state index in [9.17, 15) is 13.2 Å². The number of nitrogens with one attached hydrogen (secondary N) is 1. The Kier molecular flexibility index (Phi) is 3.54. The molecule has 6 nitrogen and oxygen atoms in total. The third kappa shape index (κ3) is 2.46. The molecule has 0 saturated carbocycles. The van der Waals surface area contributed by atoms with Gasteiger partial charge in [-0.15, -0.1) is 0 Å². The average Bonchev–Trinajstić information content (AvgIpc) is 2.77. The van der Waals surface area contributed by atoms with Gasteiger partial charge < -0.3 is 4.98 Å². The minimum absolute atomic E-state index is 0.0516. The molecular formula is C11H17N3O3S. The van der Waals surface area contributed by atoms with Gasteiger partial charge in [-0.3, -0.25) is 4.79 Å². The molecule has 1 N–H and O–H groups in total. The van der Waals surface area contributed by atoms with Gasteiger partial charge in [-0.05, 0) is 26.7 Å². The van der Waals surface area contributed by atoms with E-state index >= 15 is 0 Å². The van der Waals surface area contributed by atoms with E-state index in [0.29, 0.717) is 12.4 Å². The quantitative estimate of drug-likeness (QED) is 0.877. The van der Waals surface area contributed by atoms with Crippen LogP contribution in [-0.4, -0.2) is 41.6 Å². The molecule has 1 saturated heterocycles. The van der Waals surface area contributed by atoms with Crippen LogP contribution in [0.5, 0.6) is 0 Å². The van der Waals surface area contributed by atoms with Crippen LogP contribution in [0.15, 0.2) is 11.2 Å². The number of carbonyl (C=O) groups excluding carboxylic acids is 1. The fraction of sp³-hybridized carbons (Fsp3) is 0.636. The van der Waals surface area contributed by atoms with E-state index in [1.54, 1.807) is 6.92 Å². The fourth-order valence-electron chi connectivity index (χ4n) is 2.16. The number of carbonyl (C=O) groups is 1. The summed E-state index contributed by atoms with van der Waals surface area (Å²) in [4.78, 5) is 18.0. The van der Waals surface area contributed by atoms with Crippen LogP contribution in [0.2, 0.25) is 0 Å². The van der Waals surface area contributed by atoms with Crippen LogP contribution in [0.1, 0.15) is 25.6 Å². The molecule has 1 aliphatic heterocycles. The Morgan fingerprint density at radius 1 is 1.56 bits per heavy atom. The van der Waals surface area contributed by atoms with Crippen molar-refractivity contribution >= 4 is 15.8 Å². The summed E-state index contributed by atoms with van der Waals surface area (Å²) in [6, 6.07) is 0. The molecule has 100 valence electrons. The lowest BCUT2D eigenvalue weighted by Gasteiger charge is -2.30. The van der Waals surface area contributed by atoms with Crippen LogP contribution >= 0.6 is 0 Å². The molecule has 0 amide bonds. The Balaban J connectivity index is 2.22. The van der Waals surface area contributed by atoms with Crippen LogP contribution in [0.3, 0.4) is 0 Å². The summed E-state index contributed by atoms with van der Waals surface area (Å²) in [5, 5.41) is 0.101. The van der Waals surface area contributed by atoms with E-state index < -0.39 is 10.0 Å². The van der Waals surface area contributed by atoms with Crippen molar-refractivity contribution in [3.63, 3.8) is 0 Å². The Morgan fingerprint density at radius 2 is 2.28 bits per heavy atom. The maximum Gasteiger partial charge on any atom is 0.260 e. The van der Waals surface area contributed by atoms with Gasteiger partial charge in [0.1, 0.15) is 11.6 Å². The second-order valence-electron chi connectivity index (χ2n) is 4.65. The highest BCUT2D eigenvalue weighted by Gasteiger charge is 2.32. The van der Waals surface area contributed by atoms with Crippen LogP contribution < -0.4 is 0 Å². The summed E-state index contributed by atoms with van der Waals surface area (Å²) < 4.78 is 26.0. The number of aromatic amines is 1. The number of H-pyrrole nitrogens is 1. The SMILES string of the molecule is CC(=O)C1CCCN(S(=O)(=O)c2cnc(C)[nH]2)C1. The first-order valence-corrected chi connectivity index (χ1v) is 7.37. The molecule has 18 heavy (non-hydrogen) atoms. The van der Waals surface area contributed by atoms with E-state index in [2.05, 4.69) is 9.97 Å². The Hall–Kier alpha value is -1.21. The predicted molar refractivity (Wildman–Crippen MR) is 65.5 cm³/mol. The number of ketones is 1. The standard InChI is InChI=1S/C11H17N3O3S/c1-8(15)10-4-3-5-14(7-10)18(16,17)11-6-12-9(2)13-11/h6,10H,3-5,7H2,1-2H3,(H,12,13). The van der Waals surface area contributed by atoms with E-state index in [-0.39, 0.29) is 23.3 Å². The molecule has 1 aliphatic rings. The van der Waals surface area contributed by atoms with Gasteiger partial charge in [0.25, 0.3) is 10.0 Å². The monoisotopic (exact) mass is 271 g/mol. The first-order valence-electron chi connectivity index (χ1n) is 5.93. The van der Waals surface area contributed by atoms with Crippen molar-refractivity contribution in [3.05, 3.63) is 12.0 Å². The number of nitrogens with zero attached hydrogens (tertiary/aromatic N) is 2. The van der Waals surface area contributed by atoms with Crippen LogP contribution in [0.25, 0.3) is 0 Å². The normalized spacial score (nSPS) is 22.0. The predicted octanol–water partition coefficient (Wildman–Crippen LogP) is 0.708. The number of hydrogen-bond donors (Lipinski definition) is 1. The van der Waals surface area contributed by atoms with E-state index in [1.807, 2.05) is 0 Å². The summed E-state index contributed by atoms with van der Waals surface area (Å²) in [5.74, 6) is 0.432. The van der Waals surface area contributed by atoms with E-state index in [4.69, 9.17) is 0 Å². The third-order valence-corrected chi connectivity index (χ3v) is 5.03. The van der Waals surface area contributed by atoms with Crippen LogP contribution in [-0.2, 0) is 14.8 Å². The van der Waals surface area contributed by atoms with Crippen molar-refractivity contribution in [1.82, 2.24) is 14.3 Å². The number of hydrogen-bond acceptors (Lipinski definition) is 4. The molecule has 2 heterocycles. The number of Topliss-reactive ketones (excluding diaryl/α,β-unsaturated/α-hetero) is 1. The molecular weight excluding hydrogens is 254 g/mol. The van der Waals surface area contributed by atoms with Crippen LogP contribution in [0.4, 0.5) is 0 Å². The second-order valence-corrected chi connectivity index (χ2v) is 6.55. The molecule has 1 aromatic heterocycles. The lowest BCUT2D eigenvalue weighted by atomic mass is 9.96. The summed E-state index contributed by atoms with van der Waals surface area (Å²) in [6.07, 6.45) is 2.81. The minimum Gasteiger partial charge on any atom is -0.332 e. The molecule has 1 aromatic rings. The number of rotatable bonds is 3. The first kappa shape index (κ1) is 13.2. The van der Waals surface area contributed by atoms with Crippen LogP contribution in [0, 0.1) is 12.8 Å². The topological polar surface area (TPSA) is 83.1 Å². The van der Waals surface area contributed by atoms with Crippen molar-refractivity contribution in [3.8, 4) is 0 Å². The highest BCUT2D eigenvalue weighted by atomic mass is 32.2. The van der Waals surface area contributed by atoms with Gasteiger partial charge in [0.2, 0.25) is 0 Å². The van der Waals surface area contributed by atoms with E-state index in [1.165, 1.54) is 17.4 Å². The lowest BCUT2D eigenvalue weighted by molar-refractivity contribution is -0.121. The van der Waals surface area contributed by atoms with Gasteiger partial charge in [0.05, 0.1) is 6.20 Å². The number of sulfonamides is 1. The zero-order chi connectivity index (χ0) is 13.3. The summed E-state index contributed by atoms with van der Waals surface area (Å²) in [5.41, 5.74) is 0. The third-order valence-electron chi connectivity index (χ3n) is 3.26. The summed E-state index contributed by atoms with van der Waals surface area (Å²) in [6.45, 7) is 3.95. The van der Waals surface area contributed by atoms with E-state index in [0.717, 1.165) is 12.8 Å². The van der Waals surface area contributed by atoms with Gasteiger partial charge in [0.15, 0.2) is 5.03 Å². The molecule has 7 heteroatoms. The molecule has 1 unspecified atom stereocenters. The Bertz CT molecular complexity index is 550. The smallest absolute Gasteiger partial charge is 0.260 e. The Labute approximate surface area is 106 Å². The molecule has 0 spiro atoms. The van der Waals surface area contributed by atoms with Crippen molar-refractivity contribution in [1.29, 1.82) is 0 Å². The molecule has 0 aromatic carbocycles. The van der Waals surface area contributed by atoms with Crippen molar-refractivity contribution in [2.45, 2.75) is 31.7 Å². The van der Waals surface area contributed by atoms with Crippen molar-refractivity contribution in [2.75, 3.05) is 13.1 Å². The zero-order valence-corrected chi connectivity index (χ0v) is 11.3. The molecule has 1 fully saturated rings. The highest BCUT2D eigenvalue weighted by molar-refractivity contribution is 7.89. The largest absolute Gasteiger partial charge is 0.332 e. The van der Waals surface area contributed by atoms with Gasteiger partial charge >= 0.3 is 0 Å². The maximum absolute atomic E-state index is 12.3. The summed E-state index contributed by atoms with van der Waals surface area (Å²) >= 11 is 0. The molecule has 0 radical (unpaired) electrons. The molecule has 0 aliphatic carbocycles. The van der Waals surface area contributed by atoms with Gasteiger partial charge in [-0.1, -0.05) is 0 Å². The van der Waals surface area contributed by atoms with Gasteiger partial charge in [0, 0.05) is 19.0 Å². The Morgan fingerprint density at radius 3 is 2.83 bits per heavy atom. The molecule has 0 bridgehead atoms. The lowest BCUT2D eigenvalue weighted by Crippen LogP contribution is -2.41. The maximum atomic E-state index is 12.3. The number of aromatic nitrogens is 2. The van der Waals surface area contributed by atoms with Crippen molar-refractivity contribution < 1.29 is 13.2 Å². The highest BCUT2D eigenvalue weighted by Crippen LogP contribution is 2.23. The number of piperidine rings is 1. The second kappa shape index (κ2) is 4.81. The zero-order valence-electron chi connectivity index (χ0n) is 10.5. The summed E-state index contributed by atoms with van der Waals surface area (Å²) in [7, 11) is -3.54. The van der Waals surface area contributed by atoms with Crippen molar-refractivity contribution in [2.24, 2.45) is 5.92 Å². The van der Waals surface area contributed by atoms with Gasteiger partial charge in [-0.2, -0.15) is 4.31 Å². The molecule has 1 atom stereocenters. The number of aryl methyl sites for hydroxylation is 1. The number of imidazole rings is 1. The minimum atomic E-state index is -3.54. The van der Waals surface area contributed by atoms with Gasteiger partial charge in [-0.25, -0.2) is 13.4 Å². The average molecular weight is 271 g/mol. The molecule has 2 rings (SSSR count). The fourth-order valence-corrected chi connectivity index (χ4v) is 3.65.